The zero-order valence-corrected chi connectivity index (χ0v) is 19.9. The van der Waals surface area contributed by atoms with Gasteiger partial charge in [-0.3, -0.25) is 0 Å². The van der Waals surface area contributed by atoms with Crippen molar-refractivity contribution in [2.24, 2.45) is 9.39 Å². The third kappa shape index (κ3) is 6.68. The fraction of sp³-hybridized carbons (Fsp3) is 0.667. The molecule has 2 aliphatic heterocycles. The van der Waals surface area contributed by atoms with E-state index < -0.39 is 17.6 Å². The minimum Gasteiger partial charge on any atom is -0.464 e. The molecule has 31 heavy (non-hydrogen) atoms. The Hall–Kier alpha value is -2.63. The molecule has 1 saturated heterocycles. The molecule has 9 nitrogen and oxygen atoms in total. The van der Waals surface area contributed by atoms with E-state index >= 15 is 0 Å². The van der Waals surface area contributed by atoms with Gasteiger partial charge in [0.25, 0.3) is 0 Å². The zero-order chi connectivity index (χ0) is 23.0. The fourth-order valence-electron chi connectivity index (χ4n) is 3.13. The molecule has 2 heterocycles. The minimum atomic E-state index is -0.754. The van der Waals surface area contributed by atoms with Crippen molar-refractivity contribution in [2.45, 2.75) is 46.3 Å². The predicted octanol–water partition coefficient (Wildman–Crippen LogP) is 2.00. The van der Waals surface area contributed by atoms with E-state index in [1.165, 1.54) is 11.9 Å². The van der Waals surface area contributed by atoms with Gasteiger partial charge >= 0.3 is 12.1 Å². The number of nitrogens with zero attached hydrogens (tertiary/aromatic N) is 5. The lowest BCUT2D eigenvalue weighted by atomic mass is 10.2. The van der Waals surface area contributed by atoms with Crippen molar-refractivity contribution in [1.29, 1.82) is 0 Å². The van der Waals surface area contributed by atoms with E-state index in [0.29, 0.717) is 44.4 Å². The van der Waals surface area contributed by atoms with Gasteiger partial charge in [-0.05, 0) is 46.6 Å². The summed E-state index contributed by atoms with van der Waals surface area (Å²) in [7, 11) is 0. The smallest absolute Gasteiger partial charge is 0.410 e. The van der Waals surface area contributed by atoms with E-state index in [4.69, 9.17) is 9.47 Å². The highest BCUT2D eigenvalue weighted by Crippen LogP contribution is 2.24. The topological polar surface area (TPSA) is 87.0 Å². The van der Waals surface area contributed by atoms with Gasteiger partial charge in [-0.25, -0.2) is 14.6 Å². The molecule has 1 unspecified atom stereocenters. The first-order chi connectivity index (χ1) is 14.7. The van der Waals surface area contributed by atoms with Crippen molar-refractivity contribution in [3.63, 3.8) is 0 Å². The van der Waals surface area contributed by atoms with Crippen molar-refractivity contribution >= 4 is 35.8 Å². The van der Waals surface area contributed by atoms with Crippen LogP contribution in [0.4, 0.5) is 4.79 Å². The number of ether oxygens (including phenoxy) is 2. The maximum absolute atomic E-state index is 12.7. The molecule has 10 heteroatoms. The number of guanidine groups is 1. The molecule has 0 aromatic heterocycles. The van der Waals surface area contributed by atoms with Crippen LogP contribution in [0.2, 0.25) is 0 Å². The van der Waals surface area contributed by atoms with Gasteiger partial charge < -0.3 is 24.2 Å². The molecule has 0 aromatic carbocycles. The Morgan fingerprint density at radius 1 is 1.26 bits per heavy atom. The lowest BCUT2D eigenvalue weighted by Crippen LogP contribution is -2.56. The number of piperazine rings is 1. The summed E-state index contributed by atoms with van der Waals surface area (Å²) in [5.41, 5.74) is -0.141. The maximum Gasteiger partial charge on any atom is 0.410 e. The van der Waals surface area contributed by atoms with Crippen LogP contribution >= 0.6 is 11.9 Å². The Kier molecular flexibility index (Phi) is 8.84. The third-order valence-corrected chi connectivity index (χ3v) is 4.72. The van der Waals surface area contributed by atoms with Crippen LogP contribution in [0.1, 0.15) is 34.6 Å². The van der Waals surface area contributed by atoms with Crippen molar-refractivity contribution < 1.29 is 19.1 Å². The molecule has 1 fully saturated rings. The molecule has 0 N–H and O–H groups in total. The van der Waals surface area contributed by atoms with Crippen molar-refractivity contribution in [3.8, 4) is 11.8 Å². The fourth-order valence-corrected chi connectivity index (χ4v) is 3.31. The van der Waals surface area contributed by atoms with E-state index in [1.807, 2.05) is 36.8 Å². The lowest BCUT2D eigenvalue weighted by molar-refractivity contribution is -0.146. The number of hydrogen-bond acceptors (Lipinski definition) is 9. The van der Waals surface area contributed by atoms with Crippen LogP contribution in [0.3, 0.4) is 0 Å². The third-order valence-electron chi connectivity index (χ3n) is 4.45. The summed E-state index contributed by atoms with van der Waals surface area (Å²) < 4.78 is 14.8. The molecular formula is C21H31N5O4S. The molecular weight excluding hydrogens is 418 g/mol. The molecule has 0 saturated carbocycles. The number of carbonyl (C=O) groups excluding carboxylic acids is 2. The summed E-state index contributed by atoms with van der Waals surface area (Å²) in [6.07, 6.45) is 1.48. The van der Waals surface area contributed by atoms with Crippen LogP contribution in [0.5, 0.6) is 0 Å². The summed E-state index contributed by atoms with van der Waals surface area (Å²) in [5, 5.41) is 0. The molecule has 0 aliphatic carbocycles. The average Bonchev–Trinajstić information content (AvgIpc) is 3.08. The van der Waals surface area contributed by atoms with Gasteiger partial charge in [-0.15, -0.1) is 5.92 Å². The summed E-state index contributed by atoms with van der Waals surface area (Å²) in [4.78, 5) is 35.3. The lowest BCUT2D eigenvalue weighted by Gasteiger charge is -2.38. The molecule has 0 aromatic rings. The van der Waals surface area contributed by atoms with Gasteiger partial charge in [0.1, 0.15) is 11.3 Å². The largest absolute Gasteiger partial charge is 0.464 e. The van der Waals surface area contributed by atoms with Gasteiger partial charge in [0.2, 0.25) is 5.96 Å². The summed E-state index contributed by atoms with van der Waals surface area (Å²) in [6.45, 7) is 11.7. The normalized spacial score (nSPS) is 18.6. The number of rotatable bonds is 4. The van der Waals surface area contributed by atoms with Crippen LogP contribution in [0, 0.1) is 11.8 Å². The van der Waals surface area contributed by atoms with Crippen molar-refractivity contribution in [1.82, 2.24) is 14.7 Å². The van der Waals surface area contributed by atoms with Gasteiger partial charge in [-0.2, -0.15) is 4.40 Å². The van der Waals surface area contributed by atoms with Gasteiger partial charge in [-0.1, -0.05) is 5.92 Å². The van der Waals surface area contributed by atoms with E-state index in [0.717, 1.165) is 0 Å². The van der Waals surface area contributed by atoms with Crippen LogP contribution in [-0.4, -0.2) is 95.8 Å². The van der Waals surface area contributed by atoms with Gasteiger partial charge in [0.15, 0.2) is 6.04 Å². The summed E-state index contributed by atoms with van der Waals surface area (Å²) >= 11 is 1.23. The molecule has 0 spiro atoms. The molecule has 0 bridgehead atoms. The van der Waals surface area contributed by atoms with E-state index in [9.17, 15) is 9.59 Å². The number of carbonyl (C=O) groups is 2. The SMILES string of the molecule is CC#CCN1C(N2CCN(C(=O)OC(C)(C)C)CC2)=NC(=C=NSC)C1C(=O)OCC. The second-order valence-corrected chi connectivity index (χ2v) is 8.39. The van der Waals surface area contributed by atoms with E-state index in [2.05, 4.69) is 27.1 Å². The van der Waals surface area contributed by atoms with Crippen LogP contribution in [0.15, 0.2) is 15.1 Å². The van der Waals surface area contributed by atoms with E-state index in [1.54, 1.807) is 18.7 Å². The molecule has 170 valence electrons. The number of esters is 1. The first-order valence-corrected chi connectivity index (χ1v) is 11.4. The summed E-state index contributed by atoms with van der Waals surface area (Å²) in [6, 6.07) is -0.754. The molecule has 1 atom stereocenters. The Balaban J connectivity index is 2.24. The Morgan fingerprint density at radius 3 is 2.48 bits per heavy atom. The number of hydrogen-bond donors (Lipinski definition) is 0. The Bertz CT molecular complexity index is 825. The molecule has 2 rings (SSSR count). The first kappa shape index (κ1) is 24.6. The quantitative estimate of drug-likeness (QED) is 0.281. The Labute approximate surface area is 188 Å². The molecule has 0 radical (unpaired) electrons. The highest BCUT2D eigenvalue weighted by Gasteiger charge is 2.42. The van der Waals surface area contributed by atoms with Gasteiger partial charge in [0, 0.05) is 38.3 Å². The highest BCUT2D eigenvalue weighted by atomic mass is 32.2. The van der Waals surface area contributed by atoms with Crippen molar-refractivity contribution in [3.05, 3.63) is 5.70 Å². The Morgan fingerprint density at radius 2 is 1.94 bits per heavy atom. The first-order valence-electron chi connectivity index (χ1n) is 10.2. The second-order valence-electron chi connectivity index (χ2n) is 7.85. The highest BCUT2D eigenvalue weighted by molar-refractivity contribution is 7.97. The predicted molar refractivity (Wildman–Crippen MR) is 122 cm³/mol. The maximum atomic E-state index is 12.7. The van der Waals surface area contributed by atoms with Crippen LogP contribution in [0.25, 0.3) is 0 Å². The monoisotopic (exact) mass is 449 g/mol. The zero-order valence-electron chi connectivity index (χ0n) is 19.1. The molecule has 1 amide bonds. The van der Waals surface area contributed by atoms with Crippen LogP contribution < -0.4 is 0 Å². The standard InChI is InChI=1S/C21H31N5O4S/c1-7-9-10-26-17(18(27)29-8-2)16(15-22-31-6)23-19(26)24-11-13-25(14-12-24)20(28)30-21(3,4)5/h17H,8,10-14H2,1-6H3. The van der Waals surface area contributed by atoms with E-state index in [-0.39, 0.29) is 12.7 Å². The van der Waals surface area contributed by atoms with Gasteiger partial charge in [0.05, 0.1) is 13.2 Å². The summed E-state index contributed by atoms with van der Waals surface area (Å²) in [5.74, 6) is 8.95. The number of aliphatic imine (C=N–C) groups is 1. The number of amides is 1. The van der Waals surface area contributed by atoms with Crippen LogP contribution in [-0.2, 0) is 14.3 Å². The average molecular weight is 450 g/mol. The minimum absolute atomic E-state index is 0.263. The van der Waals surface area contributed by atoms with Crippen molar-refractivity contribution in [2.75, 3.05) is 45.6 Å². The molecule has 2 aliphatic rings. The second kappa shape index (κ2) is 11.1.